The Kier molecular flexibility index (Phi) is 2.84. The predicted octanol–water partition coefficient (Wildman–Crippen LogP) is 3.47. The number of halogens is 1. The van der Waals surface area contributed by atoms with Crippen LogP contribution in [0.5, 0.6) is 0 Å². The zero-order valence-corrected chi connectivity index (χ0v) is 11.1. The summed E-state index contributed by atoms with van der Waals surface area (Å²) in [6.45, 7) is 0. The quantitative estimate of drug-likeness (QED) is 0.934. The van der Waals surface area contributed by atoms with Crippen LogP contribution in [-0.4, -0.2) is 10.9 Å². The molecule has 3 rings (SSSR count). The molecule has 0 saturated heterocycles. The lowest BCUT2D eigenvalue weighted by molar-refractivity contribution is -0.118. The van der Waals surface area contributed by atoms with E-state index in [0.29, 0.717) is 10.2 Å². The van der Waals surface area contributed by atoms with Crippen LogP contribution in [0.1, 0.15) is 18.4 Å². The Balaban J connectivity index is 1.87. The maximum absolute atomic E-state index is 12.3. The lowest BCUT2D eigenvalue weighted by atomic mass is 9.95. The van der Waals surface area contributed by atoms with E-state index in [0.717, 1.165) is 18.4 Å². The van der Waals surface area contributed by atoms with Crippen molar-refractivity contribution in [3.63, 3.8) is 0 Å². The number of aromatic nitrogens is 1. The molecule has 1 N–H and O–H groups in total. The summed E-state index contributed by atoms with van der Waals surface area (Å²) in [6.07, 6.45) is 3.36. The Morgan fingerprint density at radius 3 is 2.78 bits per heavy atom. The molecule has 0 unspecified atom stereocenters. The Labute approximate surface area is 114 Å². The third-order valence-corrected chi connectivity index (χ3v) is 4.24. The second-order valence-electron chi connectivity index (χ2n) is 4.35. The number of hydrogen-bond donors (Lipinski definition) is 1. The van der Waals surface area contributed by atoms with Gasteiger partial charge in [-0.25, -0.2) is 4.98 Å². The molecular formula is C13H11ClN2OS. The molecule has 0 radical (unpaired) electrons. The van der Waals surface area contributed by atoms with Gasteiger partial charge in [0.2, 0.25) is 5.91 Å². The first-order chi connectivity index (χ1) is 8.72. The highest BCUT2D eigenvalue weighted by Gasteiger charge is 2.52. The zero-order valence-electron chi connectivity index (χ0n) is 9.52. The van der Waals surface area contributed by atoms with E-state index in [2.05, 4.69) is 10.3 Å². The molecule has 0 aliphatic heterocycles. The number of carbonyl (C=O) groups excluding carboxylic acids is 1. The van der Waals surface area contributed by atoms with Gasteiger partial charge in [-0.2, -0.15) is 0 Å². The molecule has 1 aliphatic carbocycles. The van der Waals surface area contributed by atoms with Gasteiger partial charge in [0.05, 0.1) is 5.41 Å². The van der Waals surface area contributed by atoms with Crippen molar-refractivity contribution in [2.75, 3.05) is 5.32 Å². The van der Waals surface area contributed by atoms with Gasteiger partial charge in [-0.1, -0.05) is 29.8 Å². The van der Waals surface area contributed by atoms with Gasteiger partial charge >= 0.3 is 0 Å². The number of hydrogen-bond acceptors (Lipinski definition) is 3. The topological polar surface area (TPSA) is 42.0 Å². The molecule has 92 valence electrons. The standard InChI is InChI=1S/C13H11ClN2OS/c14-10-4-2-1-3-9(10)13(5-6-13)11(17)16-12-15-7-8-18-12/h1-4,7-8H,5-6H2,(H,15,16,17). The average Bonchev–Trinajstić information content (AvgIpc) is 3.02. The van der Waals surface area contributed by atoms with Gasteiger partial charge < -0.3 is 5.32 Å². The molecule has 1 heterocycles. The van der Waals surface area contributed by atoms with Gasteiger partial charge in [-0.05, 0) is 24.5 Å². The Hall–Kier alpha value is -1.39. The third kappa shape index (κ3) is 1.91. The monoisotopic (exact) mass is 278 g/mol. The van der Waals surface area contributed by atoms with Gasteiger partial charge in [0.25, 0.3) is 0 Å². The first-order valence-electron chi connectivity index (χ1n) is 5.68. The number of carbonyl (C=O) groups is 1. The van der Waals surface area contributed by atoms with Crippen LogP contribution in [0.25, 0.3) is 0 Å². The molecule has 1 aromatic carbocycles. The molecule has 0 spiro atoms. The smallest absolute Gasteiger partial charge is 0.236 e. The maximum atomic E-state index is 12.3. The molecule has 1 aromatic heterocycles. The Morgan fingerprint density at radius 1 is 1.39 bits per heavy atom. The fourth-order valence-corrected chi connectivity index (χ4v) is 2.94. The molecule has 2 aromatic rings. The number of nitrogens with zero attached hydrogens (tertiary/aromatic N) is 1. The van der Waals surface area contributed by atoms with Crippen molar-refractivity contribution in [2.45, 2.75) is 18.3 Å². The highest BCUT2D eigenvalue weighted by atomic mass is 35.5. The van der Waals surface area contributed by atoms with E-state index in [1.54, 1.807) is 6.20 Å². The van der Waals surface area contributed by atoms with Gasteiger partial charge in [-0.15, -0.1) is 11.3 Å². The second kappa shape index (κ2) is 4.37. The van der Waals surface area contributed by atoms with E-state index in [-0.39, 0.29) is 5.91 Å². The van der Waals surface area contributed by atoms with Gasteiger partial charge in [-0.3, -0.25) is 4.79 Å². The van der Waals surface area contributed by atoms with Crippen LogP contribution in [0.2, 0.25) is 5.02 Å². The molecule has 0 bridgehead atoms. The van der Waals surface area contributed by atoms with Gasteiger partial charge in [0.15, 0.2) is 5.13 Å². The van der Waals surface area contributed by atoms with Crippen molar-refractivity contribution in [3.8, 4) is 0 Å². The van der Waals surface area contributed by atoms with Gasteiger partial charge in [0, 0.05) is 16.6 Å². The van der Waals surface area contributed by atoms with Crippen molar-refractivity contribution < 1.29 is 4.79 Å². The molecule has 1 amide bonds. The zero-order chi connectivity index (χ0) is 12.6. The molecule has 1 fully saturated rings. The molecule has 5 heteroatoms. The summed E-state index contributed by atoms with van der Waals surface area (Å²) in [6, 6.07) is 7.54. The molecule has 3 nitrogen and oxygen atoms in total. The summed E-state index contributed by atoms with van der Waals surface area (Å²) in [7, 11) is 0. The second-order valence-corrected chi connectivity index (χ2v) is 5.66. The fraction of sp³-hybridized carbons (Fsp3) is 0.231. The van der Waals surface area contributed by atoms with E-state index in [1.165, 1.54) is 11.3 Å². The van der Waals surface area contributed by atoms with Crippen molar-refractivity contribution in [3.05, 3.63) is 46.4 Å². The summed E-state index contributed by atoms with van der Waals surface area (Å²) >= 11 is 7.60. The van der Waals surface area contributed by atoms with Crippen molar-refractivity contribution in [1.29, 1.82) is 0 Å². The van der Waals surface area contributed by atoms with E-state index < -0.39 is 5.41 Å². The SMILES string of the molecule is O=C(Nc1nccs1)C1(c2ccccc2Cl)CC1. The van der Waals surface area contributed by atoms with Crippen molar-refractivity contribution in [2.24, 2.45) is 0 Å². The maximum Gasteiger partial charge on any atom is 0.236 e. The van der Waals surface area contributed by atoms with Crippen LogP contribution in [0, 0.1) is 0 Å². The lowest BCUT2D eigenvalue weighted by Crippen LogP contribution is -2.28. The number of amides is 1. The lowest BCUT2D eigenvalue weighted by Gasteiger charge is -2.15. The summed E-state index contributed by atoms with van der Waals surface area (Å²) in [5, 5.41) is 5.99. The number of thiazole rings is 1. The number of anilines is 1. The largest absolute Gasteiger partial charge is 0.301 e. The Bertz CT molecular complexity index is 578. The highest BCUT2D eigenvalue weighted by Crippen LogP contribution is 2.51. The minimum Gasteiger partial charge on any atom is -0.301 e. The average molecular weight is 279 g/mol. The third-order valence-electron chi connectivity index (χ3n) is 3.23. The van der Waals surface area contributed by atoms with Crippen LogP contribution < -0.4 is 5.32 Å². The summed E-state index contributed by atoms with van der Waals surface area (Å²) in [5.74, 6) is -0.00875. The van der Waals surface area contributed by atoms with Crippen molar-refractivity contribution in [1.82, 2.24) is 4.98 Å². The number of rotatable bonds is 3. The number of benzene rings is 1. The first kappa shape index (κ1) is 11.7. The van der Waals surface area contributed by atoms with Crippen LogP contribution in [0.15, 0.2) is 35.8 Å². The summed E-state index contributed by atoms with van der Waals surface area (Å²) < 4.78 is 0. The first-order valence-corrected chi connectivity index (χ1v) is 6.94. The fourth-order valence-electron chi connectivity index (χ4n) is 2.09. The molecular weight excluding hydrogens is 268 g/mol. The van der Waals surface area contributed by atoms with Crippen LogP contribution in [0.4, 0.5) is 5.13 Å². The molecule has 0 atom stereocenters. The molecule has 18 heavy (non-hydrogen) atoms. The number of nitrogens with one attached hydrogen (secondary N) is 1. The molecule has 1 aliphatic rings. The van der Waals surface area contributed by atoms with E-state index in [9.17, 15) is 4.79 Å². The van der Waals surface area contributed by atoms with E-state index >= 15 is 0 Å². The van der Waals surface area contributed by atoms with E-state index in [1.807, 2.05) is 29.6 Å². The van der Waals surface area contributed by atoms with Crippen LogP contribution >= 0.6 is 22.9 Å². The minimum atomic E-state index is -0.454. The minimum absolute atomic E-state index is 0.00875. The normalized spacial score (nSPS) is 16.3. The predicted molar refractivity (Wildman–Crippen MR) is 73.1 cm³/mol. The van der Waals surface area contributed by atoms with Crippen LogP contribution in [0.3, 0.4) is 0 Å². The van der Waals surface area contributed by atoms with Gasteiger partial charge in [0.1, 0.15) is 0 Å². The van der Waals surface area contributed by atoms with Crippen molar-refractivity contribution >= 4 is 34.0 Å². The summed E-state index contributed by atoms with van der Waals surface area (Å²) in [5.41, 5.74) is 0.463. The Morgan fingerprint density at radius 2 is 2.17 bits per heavy atom. The van der Waals surface area contributed by atoms with E-state index in [4.69, 9.17) is 11.6 Å². The van der Waals surface area contributed by atoms with Crippen LogP contribution in [-0.2, 0) is 10.2 Å². The summed E-state index contributed by atoms with van der Waals surface area (Å²) in [4.78, 5) is 16.4. The molecule has 1 saturated carbocycles. The highest BCUT2D eigenvalue weighted by molar-refractivity contribution is 7.13.